The van der Waals surface area contributed by atoms with Crippen LogP contribution in [-0.2, 0) is 14.8 Å². The van der Waals surface area contributed by atoms with E-state index in [0.29, 0.717) is 29.8 Å². The van der Waals surface area contributed by atoms with Crippen molar-refractivity contribution in [2.75, 3.05) is 29.5 Å². The smallest absolute Gasteiger partial charge is 0.274 e. The number of nitrogens with two attached hydrogens (primary N) is 1. The maximum Gasteiger partial charge on any atom is 0.274 e. The van der Waals surface area contributed by atoms with E-state index in [0.717, 1.165) is 37.4 Å². The average Bonchev–Trinajstić information content (AvgIpc) is 2.96. The summed E-state index contributed by atoms with van der Waals surface area (Å²) >= 11 is 1.13. The zero-order valence-electron chi connectivity index (χ0n) is 17.3. The molecule has 2 amide bonds. The number of carbonyl (C=O) groups is 2. The summed E-state index contributed by atoms with van der Waals surface area (Å²) in [5, 5.41) is 8.46. The Bertz CT molecular complexity index is 1090. The number of carbonyl (C=O) groups excluding carboxylic acids is 2. The topological polar surface area (TPSA) is 162 Å². The number of benzene rings is 1. The first kappa shape index (κ1) is 22.6. The van der Waals surface area contributed by atoms with Gasteiger partial charge in [-0.15, -0.1) is 0 Å². The molecule has 3 heterocycles. The molecule has 1 aromatic carbocycles. The van der Waals surface area contributed by atoms with Gasteiger partial charge in [0.05, 0.1) is 10.6 Å². The minimum absolute atomic E-state index is 0.0495. The molecule has 0 saturated carbocycles. The van der Waals surface area contributed by atoms with Crippen LogP contribution in [0.4, 0.5) is 11.5 Å². The van der Waals surface area contributed by atoms with E-state index in [-0.39, 0.29) is 28.2 Å². The Morgan fingerprint density at radius 1 is 1.16 bits per heavy atom. The maximum atomic E-state index is 12.8. The van der Waals surface area contributed by atoms with Crippen molar-refractivity contribution < 1.29 is 18.0 Å². The number of aromatic nitrogens is 2. The monoisotopic (exact) mass is 479 g/mol. The van der Waals surface area contributed by atoms with Gasteiger partial charge >= 0.3 is 0 Å². The lowest BCUT2D eigenvalue weighted by molar-refractivity contribution is -0.113. The van der Waals surface area contributed by atoms with Crippen LogP contribution in [0.15, 0.2) is 34.3 Å². The number of sulfonamides is 1. The molecule has 0 spiro atoms. The molecule has 1 fully saturated rings. The summed E-state index contributed by atoms with van der Waals surface area (Å²) in [6.07, 6.45) is 3.12. The minimum atomic E-state index is -3.53. The first-order valence-corrected chi connectivity index (χ1v) is 12.7. The third-order valence-corrected chi connectivity index (χ3v) is 7.96. The van der Waals surface area contributed by atoms with Crippen molar-refractivity contribution >= 4 is 45.1 Å². The molecule has 0 aliphatic carbocycles. The third-order valence-electron chi connectivity index (χ3n) is 5.17. The van der Waals surface area contributed by atoms with Gasteiger partial charge < -0.3 is 20.9 Å². The van der Waals surface area contributed by atoms with Gasteiger partial charge in [-0.3, -0.25) is 15.3 Å². The molecule has 1 saturated heterocycles. The van der Waals surface area contributed by atoms with E-state index in [2.05, 4.69) is 25.9 Å². The number of H-pyrrole nitrogens is 1. The molecule has 0 bridgehead atoms. The van der Waals surface area contributed by atoms with Crippen LogP contribution in [0.2, 0.25) is 0 Å². The van der Waals surface area contributed by atoms with Gasteiger partial charge in [-0.25, -0.2) is 13.4 Å². The fraction of sp³-hybridized carbons (Fsp3) is 0.421. The van der Waals surface area contributed by atoms with Gasteiger partial charge in [0.15, 0.2) is 17.3 Å². The Morgan fingerprint density at radius 2 is 1.84 bits per heavy atom. The van der Waals surface area contributed by atoms with Crippen LogP contribution < -0.4 is 21.7 Å². The predicted octanol–water partition coefficient (Wildman–Crippen LogP) is 1.10. The summed E-state index contributed by atoms with van der Waals surface area (Å²) in [6, 6.07) is 6.18. The molecular formula is C19H25N7O4S2. The molecule has 0 radical (unpaired) electrons. The molecule has 1 aromatic heterocycles. The SMILES string of the molecule is NC1NC(=O)c2[nH]c(SCC(=O)Nc3ccc(S(=O)(=O)N4CCCCCC4)cc3)nc2N1. The molecule has 4 rings (SSSR count). The maximum absolute atomic E-state index is 12.8. The van der Waals surface area contributed by atoms with Crippen LogP contribution in [-0.4, -0.2) is 59.6 Å². The molecule has 2 aromatic rings. The van der Waals surface area contributed by atoms with Gasteiger partial charge in [-0.2, -0.15) is 4.31 Å². The van der Waals surface area contributed by atoms with E-state index in [1.165, 1.54) is 16.4 Å². The summed E-state index contributed by atoms with van der Waals surface area (Å²) in [5.74, 6) is -0.272. The number of imidazole rings is 1. The Labute approximate surface area is 190 Å². The summed E-state index contributed by atoms with van der Waals surface area (Å²) < 4.78 is 27.2. The van der Waals surface area contributed by atoms with Crippen molar-refractivity contribution in [3.63, 3.8) is 0 Å². The number of aromatic amines is 1. The highest BCUT2D eigenvalue weighted by molar-refractivity contribution is 7.99. The van der Waals surface area contributed by atoms with Crippen LogP contribution in [0.1, 0.15) is 36.2 Å². The predicted molar refractivity (Wildman–Crippen MR) is 121 cm³/mol. The van der Waals surface area contributed by atoms with Crippen LogP contribution in [0, 0.1) is 0 Å². The van der Waals surface area contributed by atoms with Crippen LogP contribution in [0.5, 0.6) is 0 Å². The largest absolute Gasteiger partial charge is 0.336 e. The number of nitrogens with one attached hydrogen (secondary N) is 4. The number of amides is 2. The summed E-state index contributed by atoms with van der Waals surface area (Å²) in [4.78, 5) is 31.5. The summed E-state index contributed by atoms with van der Waals surface area (Å²) in [7, 11) is -3.53. The van der Waals surface area contributed by atoms with Crippen LogP contribution in [0.25, 0.3) is 0 Å². The van der Waals surface area contributed by atoms with Crippen molar-refractivity contribution in [1.29, 1.82) is 0 Å². The Balaban J connectivity index is 1.33. The second-order valence-corrected chi connectivity index (χ2v) is 10.4. The molecule has 13 heteroatoms. The lowest BCUT2D eigenvalue weighted by Gasteiger charge is -2.20. The van der Waals surface area contributed by atoms with Gasteiger partial charge in [0.25, 0.3) is 5.91 Å². The van der Waals surface area contributed by atoms with Crippen molar-refractivity contribution in [2.45, 2.75) is 42.0 Å². The van der Waals surface area contributed by atoms with Crippen LogP contribution in [0.3, 0.4) is 0 Å². The highest BCUT2D eigenvalue weighted by Crippen LogP contribution is 2.24. The second-order valence-electron chi connectivity index (χ2n) is 7.54. The zero-order chi connectivity index (χ0) is 22.7. The summed E-state index contributed by atoms with van der Waals surface area (Å²) in [6.45, 7) is 1.08. The van der Waals surface area contributed by atoms with Gasteiger partial charge in [-0.05, 0) is 37.1 Å². The molecule has 1 atom stereocenters. The molecule has 1 unspecified atom stereocenters. The van der Waals surface area contributed by atoms with Gasteiger partial charge in [0, 0.05) is 18.8 Å². The molecule has 6 N–H and O–H groups in total. The molecular weight excluding hydrogens is 454 g/mol. The Hall–Kier alpha value is -2.61. The Morgan fingerprint density at radius 3 is 2.53 bits per heavy atom. The molecule has 32 heavy (non-hydrogen) atoms. The van der Waals surface area contributed by atoms with Gasteiger partial charge in [0.2, 0.25) is 15.9 Å². The quantitative estimate of drug-likeness (QED) is 0.385. The molecule has 2 aliphatic rings. The number of fused-ring (bicyclic) bond motifs is 1. The van der Waals surface area contributed by atoms with Crippen molar-refractivity contribution in [3.8, 4) is 0 Å². The fourth-order valence-electron chi connectivity index (χ4n) is 3.56. The number of rotatable bonds is 6. The number of nitrogens with zero attached hydrogens (tertiary/aromatic N) is 2. The van der Waals surface area contributed by atoms with E-state index < -0.39 is 16.3 Å². The summed E-state index contributed by atoms with van der Waals surface area (Å²) in [5.41, 5.74) is 6.39. The molecule has 2 aliphatic heterocycles. The highest BCUT2D eigenvalue weighted by Gasteiger charge is 2.26. The average molecular weight is 480 g/mol. The van der Waals surface area contributed by atoms with Gasteiger partial charge in [0.1, 0.15) is 5.69 Å². The number of thioether (sulfide) groups is 1. The standard InChI is InChI=1S/C19H25N7O4S2/c20-18-23-16-15(17(28)25-18)22-19(24-16)31-11-14(27)21-12-5-7-13(8-6-12)32(29,30)26-9-3-1-2-4-10-26/h5-8,18,23H,1-4,9-11,20H2,(H,21,27)(H,22,24)(H,25,28). The number of anilines is 2. The van der Waals surface area contributed by atoms with Crippen molar-refractivity contribution in [1.82, 2.24) is 19.6 Å². The van der Waals surface area contributed by atoms with E-state index in [1.807, 2.05) is 0 Å². The zero-order valence-corrected chi connectivity index (χ0v) is 18.9. The second kappa shape index (κ2) is 9.48. The molecule has 11 nitrogen and oxygen atoms in total. The van der Waals surface area contributed by atoms with Crippen molar-refractivity contribution in [2.24, 2.45) is 5.73 Å². The first-order chi connectivity index (χ1) is 15.3. The molecule has 172 valence electrons. The highest BCUT2D eigenvalue weighted by atomic mass is 32.2. The number of hydrogen-bond acceptors (Lipinski definition) is 8. The lowest BCUT2D eigenvalue weighted by atomic mass is 10.2. The number of hydrogen-bond donors (Lipinski definition) is 5. The van der Waals surface area contributed by atoms with Crippen LogP contribution >= 0.6 is 11.8 Å². The van der Waals surface area contributed by atoms with Gasteiger partial charge in [-0.1, -0.05) is 24.6 Å². The lowest BCUT2D eigenvalue weighted by Crippen LogP contribution is -2.50. The van der Waals surface area contributed by atoms with E-state index >= 15 is 0 Å². The normalized spacial score (nSPS) is 19.4. The third kappa shape index (κ3) is 5.06. The Kier molecular flexibility index (Phi) is 6.69. The first-order valence-electron chi connectivity index (χ1n) is 10.3. The van der Waals surface area contributed by atoms with E-state index in [9.17, 15) is 18.0 Å². The van der Waals surface area contributed by atoms with E-state index in [4.69, 9.17) is 5.73 Å². The van der Waals surface area contributed by atoms with Crippen molar-refractivity contribution in [3.05, 3.63) is 30.0 Å². The fourth-order valence-corrected chi connectivity index (χ4v) is 5.74. The van der Waals surface area contributed by atoms with E-state index in [1.54, 1.807) is 12.1 Å². The minimum Gasteiger partial charge on any atom is -0.336 e.